The number of rotatable bonds is 15. The second kappa shape index (κ2) is 19.2. The van der Waals surface area contributed by atoms with Crippen molar-refractivity contribution in [2.75, 3.05) is 24.6 Å². The summed E-state index contributed by atoms with van der Waals surface area (Å²) in [5, 5.41) is 3.71. The van der Waals surface area contributed by atoms with Crippen LogP contribution in [0.3, 0.4) is 0 Å². The Kier molecular flexibility index (Phi) is 14.8. The second-order valence-corrected chi connectivity index (χ2v) is 20.2. The van der Waals surface area contributed by atoms with Gasteiger partial charge in [0.2, 0.25) is 0 Å². The molecular weight excluding hydrogens is 638 g/mol. The average Bonchev–Trinajstić information content (AvgIpc) is 3.67. The topological polar surface area (TPSA) is 0 Å². The summed E-state index contributed by atoms with van der Waals surface area (Å²) in [6.07, 6.45) is 18.5. The van der Waals surface area contributed by atoms with Crippen molar-refractivity contribution in [2.45, 2.75) is 74.7 Å². The number of hydrogen-bond donors (Lipinski definition) is 0. The van der Waals surface area contributed by atoms with Crippen LogP contribution < -0.4 is 0 Å². The molecule has 2 aliphatic carbocycles. The van der Waals surface area contributed by atoms with Gasteiger partial charge in [0, 0.05) is 0 Å². The van der Waals surface area contributed by atoms with Gasteiger partial charge in [0.1, 0.15) is 0 Å². The third kappa shape index (κ3) is 9.77. The molecule has 244 valence electrons. The van der Waals surface area contributed by atoms with Crippen LogP contribution in [0.25, 0.3) is 12.2 Å². The van der Waals surface area contributed by atoms with Crippen molar-refractivity contribution in [1.29, 1.82) is 0 Å². The summed E-state index contributed by atoms with van der Waals surface area (Å²) in [6, 6.07) is 40.0. The molecule has 2 unspecified atom stereocenters. The summed E-state index contributed by atoms with van der Waals surface area (Å²) in [4.78, 5) is 0. The Balaban J connectivity index is 0.000000257. The van der Waals surface area contributed by atoms with Crippen LogP contribution in [-0.2, 0) is 32.0 Å². The molecule has 0 nitrogen and oxygen atoms in total. The van der Waals surface area contributed by atoms with Crippen LogP contribution in [0.2, 0.25) is 0 Å². The fourth-order valence-corrected chi connectivity index (χ4v) is 17.4. The van der Waals surface area contributed by atoms with Crippen LogP contribution in [0.15, 0.2) is 120 Å². The van der Waals surface area contributed by atoms with E-state index in [4.69, 9.17) is 0 Å². The van der Waals surface area contributed by atoms with Crippen molar-refractivity contribution in [2.24, 2.45) is 0 Å². The molecule has 2 aliphatic rings. The molecule has 0 aromatic heterocycles. The first-order valence-corrected chi connectivity index (χ1v) is 23.3. The molecule has 0 aliphatic heterocycles. The van der Waals surface area contributed by atoms with E-state index in [0.717, 1.165) is 21.3 Å². The van der Waals surface area contributed by atoms with Crippen LogP contribution in [0.5, 0.6) is 0 Å². The maximum Gasteiger partial charge on any atom is -0.0238 e. The third-order valence-electron chi connectivity index (χ3n) is 9.24. The van der Waals surface area contributed by atoms with E-state index < -0.39 is 0 Å². The molecule has 0 fully saturated rings. The fraction of sp³-hybridized carbons (Fsp3) is 0.364. The smallest absolute Gasteiger partial charge is 0.0238 e. The van der Waals surface area contributed by atoms with E-state index in [1.54, 1.807) is 11.1 Å². The summed E-state index contributed by atoms with van der Waals surface area (Å²) >= 11 is -0.238. The van der Waals surface area contributed by atoms with Gasteiger partial charge in [0.15, 0.2) is 0 Å². The SMILES string of the molecule is CCCP(CCC)C1=Cc2ccccc2[CH]1[Ti][CH]1C(P(CCC)CCC)=Cc2ccccc21.c1ccc(CCc2ccccc2)cc1. The second-order valence-electron chi connectivity index (χ2n) is 12.9. The monoisotopic (exact) mass is 692 g/mol. The van der Waals surface area contributed by atoms with Gasteiger partial charge in [-0.3, -0.25) is 0 Å². The Hall–Kier alpha value is -2.07. The molecule has 0 bridgehead atoms. The first kappa shape index (κ1) is 36.2. The van der Waals surface area contributed by atoms with Crippen molar-refractivity contribution in [1.82, 2.24) is 0 Å². The van der Waals surface area contributed by atoms with Gasteiger partial charge in [0.05, 0.1) is 0 Å². The molecular formula is C44H54P2Ti. The number of aryl methyl sites for hydroxylation is 2. The van der Waals surface area contributed by atoms with Gasteiger partial charge >= 0.3 is 215 Å². The molecule has 0 spiro atoms. The molecule has 0 radical (unpaired) electrons. The van der Waals surface area contributed by atoms with E-state index in [-0.39, 0.29) is 35.0 Å². The van der Waals surface area contributed by atoms with Crippen molar-refractivity contribution in [3.05, 3.63) is 153 Å². The van der Waals surface area contributed by atoms with Gasteiger partial charge in [-0.05, 0) is 24.0 Å². The van der Waals surface area contributed by atoms with Crippen LogP contribution in [0.1, 0.15) is 95.2 Å². The normalized spacial score (nSPS) is 16.3. The summed E-state index contributed by atoms with van der Waals surface area (Å²) in [6.45, 7) is 9.54. The van der Waals surface area contributed by atoms with E-state index in [1.807, 2.05) is 10.6 Å². The van der Waals surface area contributed by atoms with Gasteiger partial charge in [-0.1, -0.05) is 60.7 Å². The third-order valence-corrected chi connectivity index (χ3v) is 19.2. The Morgan fingerprint density at radius 1 is 0.447 bits per heavy atom. The largest absolute Gasteiger partial charge is 0.0622 e. The Morgan fingerprint density at radius 3 is 1.15 bits per heavy atom. The number of allylic oxidation sites excluding steroid dienone is 2. The summed E-state index contributed by atoms with van der Waals surface area (Å²) in [5.74, 6) is 0. The van der Waals surface area contributed by atoms with Crippen molar-refractivity contribution in [3.63, 3.8) is 0 Å². The van der Waals surface area contributed by atoms with Crippen LogP contribution in [0, 0.1) is 0 Å². The fourth-order valence-electron chi connectivity index (χ4n) is 7.08. The predicted molar refractivity (Wildman–Crippen MR) is 209 cm³/mol. The molecule has 47 heavy (non-hydrogen) atoms. The van der Waals surface area contributed by atoms with Crippen molar-refractivity contribution >= 4 is 28.0 Å². The molecule has 0 N–H and O–H groups in total. The zero-order chi connectivity index (χ0) is 32.8. The zero-order valence-corrected chi connectivity index (χ0v) is 32.5. The van der Waals surface area contributed by atoms with Gasteiger partial charge < -0.3 is 0 Å². The molecule has 0 amide bonds. The Morgan fingerprint density at radius 2 is 0.787 bits per heavy atom. The summed E-state index contributed by atoms with van der Waals surface area (Å²) < 4.78 is 1.45. The molecule has 4 aromatic carbocycles. The van der Waals surface area contributed by atoms with Gasteiger partial charge in [0.25, 0.3) is 0 Å². The minimum Gasteiger partial charge on any atom is -0.0622 e. The van der Waals surface area contributed by atoms with Crippen LogP contribution >= 0.6 is 15.8 Å². The first-order chi connectivity index (χ1) is 23.2. The molecule has 3 heteroatoms. The minimum atomic E-state index is -0.238. The number of fused-ring (bicyclic) bond motifs is 2. The van der Waals surface area contributed by atoms with E-state index in [2.05, 4.69) is 149 Å². The van der Waals surface area contributed by atoms with Gasteiger partial charge in [-0.15, -0.1) is 0 Å². The molecule has 0 heterocycles. The van der Waals surface area contributed by atoms with E-state index in [1.165, 1.54) is 72.6 Å². The molecule has 0 saturated heterocycles. The van der Waals surface area contributed by atoms with E-state index >= 15 is 0 Å². The molecule has 4 aromatic rings. The van der Waals surface area contributed by atoms with Crippen molar-refractivity contribution < 1.29 is 19.2 Å². The molecule has 6 rings (SSSR count). The average molecular weight is 693 g/mol. The maximum absolute atomic E-state index is 2.64. The molecule has 0 saturated carbocycles. The van der Waals surface area contributed by atoms with E-state index in [9.17, 15) is 0 Å². The van der Waals surface area contributed by atoms with Crippen LogP contribution in [-0.4, -0.2) is 24.6 Å². The Bertz CT molecular complexity index is 1440. The van der Waals surface area contributed by atoms with Gasteiger partial charge in [-0.2, -0.15) is 0 Å². The summed E-state index contributed by atoms with van der Waals surface area (Å²) in [7, 11) is 0.0000707. The van der Waals surface area contributed by atoms with Gasteiger partial charge in [-0.25, -0.2) is 0 Å². The quantitative estimate of drug-likeness (QED) is 0.0859. The minimum absolute atomic E-state index is 0.0000354. The van der Waals surface area contributed by atoms with Crippen LogP contribution in [0.4, 0.5) is 0 Å². The Labute approximate surface area is 298 Å². The zero-order valence-electron chi connectivity index (χ0n) is 29.2. The predicted octanol–water partition coefficient (Wildman–Crippen LogP) is 13.3. The maximum atomic E-state index is 2.64. The standard InChI is InChI=1S/2C15H20P.C14H14.Ti/c2*1-3-9-16(10-4-2)15-11-13-7-5-6-8-14(13)12-15;1-3-7-13(8-4-1)11-12-14-9-5-2-6-10-14;/h2*5-8,11-12H,3-4,9-10H2,1-2H3;1-10H,11-12H2;. The van der Waals surface area contributed by atoms with Crippen molar-refractivity contribution in [3.8, 4) is 0 Å². The number of benzene rings is 4. The van der Waals surface area contributed by atoms with E-state index in [0.29, 0.717) is 0 Å². The molecule has 2 atom stereocenters. The first-order valence-electron chi connectivity index (χ1n) is 18.1. The number of hydrogen-bond acceptors (Lipinski definition) is 0. The summed E-state index contributed by atoms with van der Waals surface area (Å²) in [5.41, 5.74) is 9.20.